The van der Waals surface area contributed by atoms with Crippen LogP contribution < -0.4 is 11.1 Å². The van der Waals surface area contributed by atoms with E-state index in [1.807, 2.05) is 45.0 Å². The summed E-state index contributed by atoms with van der Waals surface area (Å²) in [7, 11) is 0. The molecule has 6 heteroatoms. The van der Waals surface area contributed by atoms with Crippen molar-refractivity contribution in [1.82, 2.24) is 10.2 Å². The Kier molecular flexibility index (Phi) is 16.8. The standard InChI is InChI=1S/C31H44F2N3.C2H6.U/c1-23(34)7-5-6-18-35-24(2)28-14-15-29(30(32)21-28)27-12-10-25(11-13-27)8-9-26-16-19-36(20-17-26)22-31(3,4)33;1-2;/h10-15,21,26,35H,2,5-9,16-20,22,34H2,1,3-4H3;1-2H3;/q-1;;. The molecule has 0 unspecified atom stereocenters. The summed E-state index contributed by atoms with van der Waals surface area (Å²) in [5.41, 5.74) is 8.87. The Morgan fingerprint density at radius 3 is 2.31 bits per heavy atom. The van der Waals surface area contributed by atoms with Crippen LogP contribution >= 0.6 is 0 Å². The molecule has 0 aliphatic carbocycles. The molecule has 0 bridgehead atoms. The first-order valence-electron chi connectivity index (χ1n) is 14.4. The molecule has 0 spiro atoms. The second kappa shape index (κ2) is 18.3. The number of hydrogen-bond donors (Lipinski definition) is 2. The van der Waals surface area contributed by atoms with Crippen LogP contribution in [0.15, 0.2) is 49.0 Å². The van der Waals surface area contributed by atoms with Crippen molar-refractivity contribution in [3.63, 3.8) is 0 Å². The van der Waals surface area contributed by atoms with Crippen LogP contribution in [-0.2, 0) is 6.42 Å². The molecule has 1 heterocycles. The van der Waals surface area contributed by atoms with Crippen molar-refractivity contribution in [2.75, 3.05) is 26.2 Å². The van der Waals surface area contributed by atoms with Crippen molar-refractivity contribution < 1.29 is 39.9 Å². The molecule has 1 aliphatic rings. The fourth-order valence-electron chi connectivity index (χ4n) is 4.99. The molecule has 0 radical (unpaired) electrons. The Hall–Kier alpha value is -1.19. The molecular weight excluding hydrogens is 714 g/mol. The van der Waals surface area contributed by atoms with E-state index in [-0.39, 0.29) is 36.9 Å². The molecule has 3 N–H and O–H groups in total. The van der Waals surface area contributed by atoms with E-state index in [1.54, 1.807) is 19.9 Å². The van der Waals surface area contributed by atoms with Crippen LogP contribution in [0.4, 0.5) is 8.78 Å². The van der Waals surface area contributed by atoms with E-state index in [4.69, 9.17) is 5.73 Å². The molecular formula is C33H50F2N3U-. The van der Waals surface area contributed by atoms with Gasteiger partial charge in [0.15, 0.2) is 0 Å². The first-order chi connectivity index (χ1) is 18.1. The predicted octanol–water partition coefficient (Wildman–Crippen LogP) is 8.15. The molecule has 3 rings (SSSR count). The third-order valence-corrected chi connectivity index (χ3v) is 7.07. The van der Waals surface area contributed by atoms with E-state index in [1.165, 1.54) is 5.56 Å². The summed E-state index contributed by atoms with van der Waals surface area (Å²) in [6, 6.07) is 14.5. The van der Waals surface area contributed by atoms with Gasteiger partial charge in [0.1, 0.15) is 11.5 Å². The van der Waals surface area contributed by atoms with Crippen molar-refractivity contribution in [2.24, 2.45) is 11.7 Å². The number of aryl methyl sites for hydroxylation is 1. The number of hydrogen-bond acceptors (Lipinski definition) is 3. The van der Waals surface area contributed by atoms with Gasteiger partial charge in [0.25, 0.3) is 0 Å². The minimum absolute atomic E-state index is 0. The number of halogens is 2. The minimum Gasteiger partial charge on any atom is -0.481 e. The van der Waals surface area contributed by atoms with Crippen LogP contribution in [0.1, 0.15) is 84.3 Å². The number of nitrogens with one attached hydrogen (secondary N) is 1. The van der Waals surface area contributed by atoms with Gasteiger partial charge in [-0.05, 0) is 87.7 Å². The average Bonchev–Trinajstić information content (AvgIpc) is 2.88. The summed E-state index contributed by atoms with van der Waals surface area (Å²) in [5, 5.41) is 3.29. The van der Waals surface area contributed by atoms with Crippen LogP contribution in [0, 0.1) is 48.9 Å². The van der Waals surface area contributed by atoms with Gasteiger partial charge in [0.2, 0.25) is 0 Å². The van der Waals surface area contributed by atoms with Gasteiger partial charge >= 0.3 is 0 Å². The van der Waals surface area contributed by atoms with E-state index >= 15 is 0 Å². The Balaban J connectivity index is 0.00000248. The van der Waals surface area contributed by atoms with E-state index in [2.05, 4.69) is 28.9 Å². The third-order valence-electron chi connectivity index (χ3n) is 7.07. The largest absolute Gasteiger partial charge is 0.481 e. The van der Waals surface area contributed by atoms with Gasteiger partial charge in [0.05, 0.1) is 0 Å². The van der Waals surface area contributed by atoms with Crippen molar-refractivity contribution >= 4 is 5.70 Å². The van der Waals surface area contributed by atoms with Crippen molar-refractivity contribution in [2.45, 2.75) is 85.2 Å². The zero-order valence-electron chi connectivity index (χ0n) is 24.9. The number of piperidine rings is 1. The number of alkyl halides is 1. The van der Waals surface area contributed by atoms with Crippen molar-refractivity contribution in [3.8, 4) is 11.1 Å². The normalized spacial score (nSPS) is 14.4. The smallest absolute Gasteiger partial charge is 0.131 e. The van der Waals surface area contributed by atoms with Gasteiger partial charge in [-0.25, -0.2) is 8.78 Å². The Morgan fingerprint density at radius 2 is 1.74 bits per heavy atom. The first-order valence-corrected chi connectivity index (χ1v) is 14.4. The van der Waals surface area contributed by atoms with Crippen LogP contribution in [-0.4, -0.2) is 36.7 Å². The number of nitrogens with two attached hydrogens (primary N) is 1. The summed E-state index contributed by atoms with van der Waals surface area (Å²) >= 11 is 0. The van der Waals surface area contributed by atoms with Crippen molar-refractivity contribution in [1.29, 1.82) is 0 Å². The van der Waals surface area contributed by atoms with Gasteiger partial charge in [0, 0.05) is 55.5 Å². The summed E-state index contributed by atoms with van der Waals surface area (Å²) in [6.07, 6.45) is 7.40. The number of benzene rings is 2. The maximum atomic E-state index is 14.9. The van der Waals surface area contributed by atoms with Gasteiger partial charge in [-0.15, -0.1) is 0 Å². The van der Waals surface area contributed by atoms with Gasteiger partial charge in [-0.2, -0.15) is 13.3 Å². The summed E-state index contributed by atoms with van der Waals surface area (Å²) in [4.78, 5) is 2.25. The summed E-state index contributed by atoms with van der Waals surface area (Å²) in [6.45, 7) is 16.6. The SMILES string of the molecule is C=C(NCCCC[C-](C)N)c1ccc(-c2ccc(CCC3CCN(CC(C)(C)F)CC3)cc2)c(F)c1.CC.[U]. The second-order valence-corrected chi connectivity index (χ2v) is 11.1. The molecule has 0 atom stereocenters. The Bertz CT molecular complexity index is 962. The molecule has 2 aromatic rings. The first kappa shape index (κ1) is 35.8. The van der Waals surface area contributed by atoms with Gasteiger partial charge < -0.3 is 16.0 Å². The maximum Gasteiger partial charge on any atom is 0.131 e. The van der Waals surface area contributed by atoms with Gasteiger partial charge in [-0.3, -0.25) is 6.04 Å². The zero-order valence-corrected chi connectivity index (χ0v) is 29.0. The van der Waals surface area contributed by atoms with E-state index < -0.39 is 5.67 Å². The number of likely N-dealkylation sites (tertiary alicyclic amines) is 1. The number of rotatable bonds is 13. The maximum absolute atomic E-state index is 14.9. The fraction of sp³-hybridized carbons (Fsp3) is 0.545. The predicted molar refractivity (Wildman–Crippen MR) is 160 cm³/mol. The molecule has 1 fully saturated rings. The Morgan fingerprint density at radius 1 is 1.10 bits per heavy atom. The molecule has 216 valence electrons. The Labute approximate surface area is 260 Å². The van der Waals surface area contributed by atoms with E-state index in [9.17, 15) is 8.78 Å². The molecule has 0 amide bonds. The zero-order chi connectivity index (χ0) is 28.1. The van der Waals surface area contributed by atoms with E-state index in [0.29, 0.717) is 18.0 Å². The van der Waals surface area contributed by atoms with Crippen LogP contribution in [0.3, 0.4) is 0 Å². The fourth-order valence-corrected chi connectivity index (χ4v) is 4.99. The molecule has 0 saturated carbocycles. The molecule has 3 nitrogen and oxygen atoms in total. The third kappa shape index (κ3) is 13.3. The second-order valence-electron chi connectivity index (χ2n) is 11.1. The molecule has 0 aromatic heterocycles. The van der Waals surface area contributed by atoms with E-state index in [0.717, 1.165) is 87.4 Å². The topological polar surface area (TPSA) is 41.3 Å². The average molecular weight is 765 g/mol. The quantitative estimate of drug-likeness (QED) is 0.160. The van der Waals surface area contributed by atoms with Gasteiger partial charge in [-0.1, -0.05) is 63.2 Å². The number of nitrogens with zero attached hydrogens (tertiary/aromatic N) is 1. The molecule has 1 saturated heterocycles. The summed E-state index contributed by atoms with van der Waals surface area (Å²) < 4.78 is 28.8. The minimum atomic E-state index is -1.12. The molecule has 2 aromatic carbocycles. The van der Waals surface area contributed by atoms with Crippen LogP contribution in [0.2, 0.25) is 0 Å². The molecule has 39 heavy (non-hydrogen) atoms. The van der Waals surface area contributed by atoms with Crippen molar-refractivity contribution in [3.05, 3.63) is 72.0 Å². The van der Waals surface area contributed by atoms with Crippen LogP contribution in [0.5, 0.6) is 0 Å². The molecule has 1 aliphatic heterocycles. The van der Waals surface area contributed by atoms with Crippen LogP contribution in [0.25, 0.3) is 16.8 Å². The number of unbranched alkanes of at least 4 members (excludes halogenated alkanes) is 1. The monoisotopic (exact) mass is 764 g/mol. The summed E-state index contributed by atoms with van der Waals surface area (Å²) in [5.74, 6) is 0.457.